The van der Waals surface area contributed by atoms with Crippen LogP contribution in [0.4, 0.5) is 5.69 Å². The molecule has 0 aliphatic carbocycles. The highest BCUT2D eigenvalue weighted by atomic mass is 79.9. The van der Waals surface area contributed by atoms with Crippen LogP contribution in [0.5, 0.6) is 0 Å². The van der Waals surface area contributed by atoms with Crippen LogP contribution >= 0.6 is 27.5 Å². The van der Waals surface area contributed by atoms with Crippen LogP contribution in [0.25, 0.3) is 0 Å². The zero-order valence-electron chi connectivity index (χ0n) is 9.63. The normalized spacial score (nSPS) is 20.3. The van der Waals surface area contributed by atoms with E-state index in [1.807, 2.05) is 19.1 Å². The van der Waals surface area contributed by atoms with E-state index in [9.17, 15) is 0 Å². The molecule has 1 aliphatic heterocycles. The Labute approximate surface area is 115 Å². The summed E-state index contributed by atoms with van der Waals surface area (Å²) in [6.07, 6.45) is 1.13. The van der Waals surface area contributed by atoms with E-state index in [-0.39, 0.29) is 6.10 Å². The number of rotatable bonds is 3. The van der Waals surface area contributed by atoms with Crippen LogP contribution in [0.2, 0.25) is 5.02 Å². The molecule has 1 fully saturated rings. The summed E-state index contributed by atoms with van der Waals surface area (Å²) in [5, 5.41) is 4.11. The van der Waals surface area contributed by atoms with E-state index in [1.54, 1.807) is 0 Å². The molecular weight excluding hydrogens is 305 g/mol. The van der Waals surface area contributed by atoms with Gasteiger partial charge in [0.2, 0.25) is 0 Å². The summed E-state index contributed by atoms with van der Waals surface area (Å²) in [5.74, 6) is 0. The summed E-state index contributed by atoms with van der Waals surface area (Å²) in [6, 6.07) is 3.94. The summed E-state index contributed by atoms with van der Waals surface area (Å²) in [7, 11) is 0. The summed E-state index contributed by atoms with van der Waals surface area (Å²) in [5.41, 5.74) is 2.06. The van der Waals surface area contributed by atoms with E-state index >= 15 is 0 Å². The number of halogens is 2. The maximum absolute atomic E-state index is 6.10. The minimum Gasteiger partial charge on any atom is -0.381 e. The van der Waals surface area contributed by atoms with Gasteiger partial charge in [-0.25, -0.2) is 0 Å². The molecular formula is C12H15BrClNO2. The number of aryl methyl sites for hydroxylation is 1. The molecule has 94 valence electrons. The molecule has 1 aromatic rings. The van der Waals surface area contributed by atoms with Gasteiger partial charge in [-0.1, -0.05) is 11.6 Å². The van der Waals surface area contributed by atoms with E-state index in [4.69, 9.17) is 21.1 Å². The maximum Gasteiger partial charge on any atom is 0.147 e. The lowest BCUT2D eigenvalue weighted by Crippen LogP contribution is -2.30. The monoisotopic (exact) mass is 319 g/mol. The van der Waals surface area contributed by atoms with Crippen molar-refractivity contribution in [2.45, 2.75) is 19.4 Å². The van der Waals surface area contributed by atoms with Crippen molar-refractivity contribution in [3.8, 4) is 0 Å². The molecule has 1 saturated heterocycles. The van der Waals surface area contributed by atoms with Gasteiger partial charge < -0.3 is 14.8 Å². The minimum absolute atomic E-state index is 0.204. The number of hydrogen-bond donors (Lipinski definition) is 1. The average molecular weight is 321 g/mol. The molecule has 5 heteroatoms. The quantitative estimate of drug-likeness (QED) is 0.923. The first-order valence-electron chi connectivity index (χ1n) is 5.55. The molecule has 0 aromatic heterocycles. The highest BCUT2D eigenvalue weighted by Gasteiger charge is 2.14. The average Bonchev–Trinajstić information content (AvgIpc) is 2.33. The molecule has 1 heterocycles. The van der Waals surface area contributed by atoms with Crippen LogP contribution in [-0.2, 0) is 9.47 Å². The predicted molar refractivity (Wildman–Crippen MR) is 72.7 cm³/mol. The predicted octanol–water partition coefficient (Wildman–Crippen LogP) is 3.59. The molecule has 0 bridgehead atoms. The van der Waals surface area contributed by atoms with Crippen LogP contribution in [0.1, 0.15) is 12.0 Å². The number of nitrogens with one attached hydrogen (secondary N) is 1. The van der Waals surface area contributed by atoms with Crippen LogP contribution < -0.4 is 5.32 Å². The molecule has 0 amide bonds. The molecule has 2 rings (SSSR count). The fourth-order valence-electron chi connectivity index (χ4n) is 1.67. The van der Waals surface area contributed by atoms with Crippen molar-refractivity contribution < 1.29 is 9.47 Å². The lowest BCUT2D eigenvalue weighted by Gasteiger charge is -2.23. The molecule has 17 heavy (non-hydrogen) atoms. The topological polar surface area (TPSA) is 30.5 Å². The van der Waals surface area contributed by atoms with Crippen LogP contribution in [-0.4, -0.2) is 26.0 Å². The van der Waals surface area contributed by atoms with Gasteiger partial charge in [-0.3, -0.25) is 0 Å². The highest BCUT2D eigenvalue weighted by Crippen LogP contribution is 2.29. The zero-order valence-corrected chi connectivity index (χ0v) is 12.0. The second kappa shape index (κ2) is 6.05. The first kappa shape index (κ1) is 13.1. The van der Waals surface area contributed by atoms with Crippen molar-refractivity contribution in [2.75, 3.05) is 25.3 Å². The largest absolute Gasteiger partial charge is 0.381 e. The lowest BCUT2D eigenvalue weighted by atomic mass is 10.2. The van der Waals surface area contributed by atoms with Gasteiger partial charge in [-0.2, -0.15) is 0 Å². The molecule has 0 saturated carbocycles. The SMILES string of the molecule is Cc1cc(Br)c(NCC2CCOCO2)cc1Cl. The lowest BCUT2D eigenvalue weighted by molar-refractivity contribution is -0.133. The summed E-state index contributed by atoms with van der Waals surface area (Å²) < 4.78 is 11.6. The third-order valence-electron chi connectivity index (χ3n) is 2.74. The first-order chi connectivity index (χ1) is 8.16. The van der Waals surface area contributed by atoms with Crippen molar-refractivity contribution in [2.24, 2.45) is 0 Å². The minimum atomic E-state index is 0.204. The zero-order chi connectivity index (χ0) is 12.3. The number of ether oxygens (including phenoxy) is 2. The number of hydrogen-bond acceptors (Lipinski definition) is 3. The Morgan fingerprint density at radius 3 is 3.06 bits per heavy atom. The highest BCUT2D eigenvalue weighted by molar-refractivity contribution is 9.10. The molecule has 1 aromatic carbocycles. The Balaban J connectivity index is 1.96. The van der Waals surface area contributed by atoms with E-state index in [0.29, 0.717) is 6.79 Å². The Hall–Kier alpha value is -0.290. The van der Waals surface area contributed by atoms with E-state index in [1.165, 1.54) is 0 Å². The Kier molecular flexibility index (Phi) is 4.68. The Bertz CT molecular complexity index is 394. The van der Waals surface area contributed by atoms with E-state index in [2.05, 4.69) is 21.2 Å². The molecule has 1 aliphatic rings. The smallest absolute Gasteiger partial charge is 0.147 e. The maximum atomic E-state index is 6.10. The van der Waals surface area contributed by atoms with Crippen LogP contribution in [0, 0.1) is 6.92 Å². The molecule has 0 radical (unpaired) electrons. The van der Waals surface area contributed by atoms with Gasteiger partial charge in [0.25, 0.3) is 0 Å². The standard InChI is InChI=1S/C12H15BrClNO2/c1-8-4-10(13)12(5-11(8)14)15-6-9-2-3-16-7-17-9/h4-5,9,15H,2-3,6-7H2,1H3. The van der Waals surface area contributed by atoms with Crippen molar-refractivity contribution >= 4 is 33.2 Å². The number of anilines is 1. The van der Waals surface area contributed by atoms with Crippen LogP contribution in [0.3, 0.4) is 0 Å². The van der Waals surface area contributed by atoms with Crippen molar-refractivity contribution in [3.05, 3.63) is 27.2 Å². The van der Waals surface area contributed by atoms with E-state index < -0.39 is 0 Å². The van der Waals surface area contributed by atoms with Crippen molar-refractivity contribution in [1.29, 1.82) is 0 Å². The van der Waals surface area contributed by atoms with Gasteiger partial charge in [0.15, 0.2) is 0 Å². The van der Waals surface area contributed by atoms with Gasteiger partial charge in [0.1, 0.15) is 6.79 Å². The summed E-state index contributed by atoms with van der Waals surface area (Å²) in [6.45, 7) is 3.91. The number of benzene rings is 1. The third kappa shape index (κ3) is 3.58. The summed E-state index contributed by atoms with van der Waals surface area (Å²) in [4.78, 5) is 0. The van der Waals surface area contributed by atoms with E-state index in [0.717, 1.165) is 40.3 Å². The molecule has 1 unspecified atom stereocenters. The van der Waals surface area contributed by atoms with Gasteiger partial charge >= 0.3 is 0 Å². The second-order valence-corrected chi connectivity index (χ2v) is 5.33. The Morgan fingerprint density at radius 1 is 1.53 bits per heavy atom. The third-order valence-corrected chi connectivity index (χ3v) is 3.80. The van der Waals surface area contributed by atoms with Crippen molar-refractivity contribution in [3.63, 3.8) is 0 Å². The fourth-order valence-corrected chi connectivity index (χ4v) is 2.43. The van der Waals surface area contributed by atoms with Gasteiger partial charge in [0.05, 0.1) is 18.4 Å². The summed E-state index contributed by atoms with van der Waals surface area (Å²) >= 11 is 9.61. The van der Waals surface area contributed by atoms with Gasteiger partial charge in [-0.15, -0.1) is 0 Å². The van der Waals surface area contributed by atoms with Crippen LogP contribution in [0.15, 0.2) is 16.6 Å². The fraction of sp³-hybridized carbons (Fsp3) is 0.500. The van der Waals surface area contributed by atoms with Gasteiger partial charge in [0, 0.05) is 16.0 Å². The molecule has 0 spiro atoms. The molecule has 1 atom stereocenters. The Morgan fingerprint density at radius 2 is 2.35 bits per heavy atom. The van der Waals surface area contributed by atoms with Gasteiger partial charge in [-0.05, 0) is 47.0 Å². The van der Waals surface area contributed by atoms with Crippen molar-refractivity contribution in [1.82, 2.24) is 0 Å². The first-order valence-corrected chi connectivity index (χ1v) is 6.73. The molecule has 3 nitrogen and oxygen atoms in total. The molecule has 1 N–H and O–H groups in total. The second-order valence-electron chi connectivity index (χ2n) is 4.07.